The number of para-hydroxylation sites is 1. The van der Waals surface area contributed by atoms with Crippen LogP contribution in [0.3, 0.4) is 0 Å². The van der Waals surface area contributed by atoms with Crippen molar-refractivity contribution >= 4 is 16.8 Å². The molecule has 124 valence electrons. The average Bonchev–Trinajstić information content (AvgIpc) is 3.31. The fraction of sp³-hybridized carbons (Fsp3) is 0.111. The minimum absolute atomic E-state index is 0.146. The molecular formula is C18H16N6O. The molecule has 2 aromatic carbocycles. The van der Waals surface area contributed by atoms with Crippen LogP contribution in [0.15, 0.2) is 61.2 Å². The van der Waals surface area contributed by atoms with Gasteiger partial charge >= 0.3 is 0 Å². The molecule has 0 fully saturated rings. The van der Waals surface area contributed by atoms with E-state index in [1.54, 1.807) is 11.0 Å². The molecule has 2 N–H and O–H groups in total. The van der Waals surface area contributed by atoms with Gasteiger partial charge in [-0.05, 0) is 30.7 Å². The summed E-state index contributed by atoms with van der Waals surface area (Å²) in [6.07, 6.45) is 3.13. The van der Waals surface area contributed by atoms with E-state index >= 15 is 0 Å². The van der Waals surface area contributed by atoms with Gasteiger partial charge in [-0.2, -0.15) is 10.2 Å². The first-order chi connectivity index (χ1) is 12.2. The van der Waals surface area contributed by atoms with Crippen LogP contribution in [0.5, 0.6) is 0 Å². The van der Waals surface area contributed by atoms with Crippen LogP contribution in [0.4, 0.5) is 0 Å². The molecule has 2 aromatic heterocycles. The molecule has 7 heteroatoms. The number of nitrogens with zero attached hydrogens (tertiary/aromatic N) is 4. The normalized spacial score (nSPS) is 12.2. The van der Waals surface area contributed by atoms with Gasteiger partial charge in [-0.3, -0.25) is 9.89 Å². The van der Waals surface area contributed by atoms with Gasteiger partial charge < -0.3 is 5.32 Å². The van der Waals surface area contributed by atoms with E-state index in [2.05, 4.69) is 25.6 Å². The zero-order valence-electron chi connectivity index (χ0n) is 13.5. The summed E-state index contributed by atoms with van der Waals surface area (Å²) in [4.78, 5) is 16.5. The number of hydrogen-bond acceptors (Lipinski definition) is 4. The Bertz CT molecular complexity index is 1000. The van der Waals surface area contributed by atoms with Crippen LogP contribution < -0.4 is 5.32 Å². The third-order valence-electron chi connectivity index (χ3n) is 4.11. The monoisotopic (exact) mass is 332 g/mol. The second-order valence-electron chi connectivity index (χ2n) is 5.74. The van der Waals surface area contributed by atoms with E-state index < -0.39 is 0 Å². The smallest absolute Gasteiger partial charge is 0.272 e. The van der Waals surface area contributed by atoms with Crippen LogP contribution in [-0.2, 0) is 0 Å². The van der Waals surface area contributed by atoms with Gasteiger partial charge in [0.15, 0.2) is 5.69 Å². The first kappa shape index (κ1) is 15.1. The van der Waals surface area contributed by atoms with Crippen LogP contribution in [0.1, 0.15) is 29.0 Å². The number of hydrogen-bond donors (Lipinski definition) is 2. The molecule has 0 spiro atoms. The topological polar surface area (TPSA) is 88.5 Å². The van der Waals surface area contributed by atoms with Crippen LogP contribution in [0, 0.1) is 0 Å². The van der Waals surface area contributed by atoms with E-state index in [1.807, 2.05) is 55.5 Å². The minimum Gasteiger partial charge on any atom is -0.344 e. The summed E-state index contributed by atoms with van der Waals surface area (Å²) in [6, 6.07) is 15.2. The van der Waals surface area contributed by atoms with Crippen molar-refractivity contribution in [2.75, 3.05) is 0 Å². The number of H-pyrrole nitrogens is 1. The molecule has 0 saturated carbocycles. The summed E-state index contributed by atoms with van der Waals surface area (Å²) < 4.78 is 1.68. The van der Waals surface area contributed by atoms with Gasteiger partial charge in [-0.15, -0.1) is 0 Å². The fourth-order valence-corrected chi connectivity index (χ4v) is 2.74. The molecule has 1 atom stereocenters. The average molecular weight is 332 g/mol. The van der Waals surface area contributed by atoms with Crippen molar-refractivity contribution in [1.29, 1.82) is 0 Å². The Morgan fingerprint density at radius 3 is 2.72 bits per heavy atom. The number of aromatic amines is 1. The van der Waals surface area contributed by atoms with Crippen molar-refractivity contribution in [2.24, 2.45) is 0 Å². The van der Waals surface area contributed by atoms with Gasteiger partial charge in [0, 0.05) is 5.39 Å². The summed E-state index contributed by atoms with van der Waals surface area (Å²) in [7, 11) is 0. The highest BCUT2D eigenvalue weighted by molar-refractivity contribution is 6.04. The first-order valence-corrected chi connectivity index (χ1v) is 7.91. The molecule has 0 saturated heterocycles. The van der Waals surface area contributed by atoms with Gasteiger partial charge in [0.05, 0.1) is 17.2 Å². The number of nitrogens with one attached hydrogen (secondary N) is 2. The Hall–Kier alpha value is -3.48. The molecule has 1 amide bonds. The third-order valence-corrected chi connectivity index (χ3v) is 4.11. The summed E-state index contributed by atoms with van der Waals surface area (Å²) in [5, 5.41) is 14.9. The van der Waals surface area contributed by atoms with Crippen LogP contribution in [-0.4, -0.2) is 30.9 Å². The number of carbonyl (C=O) groups is 1. The number of fused-ring (bicyclic) bond motifs is 1. The van der Waals surface area contributed by atoms with Crippen molar-refractivity contribution in [3.8, 4) is 5.69 Å². The highest BCUT2D eigenvalue weighted by Gasteiger charge is 2.16. The Kier molecular flexibility index (Phi) is 3.74. The van der Waals surface area contributed by atoms with E-state index in [1.165, 1.54) is 6.33 Å². The first-order valence-electron chi connectivity index (χ1n) is 7.91. The van der Waals surface area contributed by atoms with E-state index in [0.717, 1.165) is 22.2 Å². The second-order valence-corrected chi connectivity index (χ2v) is 5.74. The van der Waals surface area contributed by atoms with Crippen LogP contribution in [0.2, 0.25) is 0 Å². The maximum Gasteiger partial charge on any atom is 0.272 e. The van der Waals surface area contributed by atoms with Gasteiger partial charge in [0.2, 0.25) is 0 Å². The van der Waals surface area contributed by atoms with Crippen molar-refractivity contribution in [1.82, 2.24) is 30.3 Å². The molecule has 7 nitrogen and oxygen atoms in total. The molecule has 0 radical (unpaired) electrons. The largest absolute Gasteiger partial charge is 0.344 e. The van der Waals surface area contributed by atoms with Crippen molar-refractivity contribution < 1.29 is 4.79 Å². The van der Waals surface area contributed by atoms with Gasteiger partial charge in [0.1, 0.15) is 12.7 Å². The predicted octanol–water partition coefficient (Wildman–Crippen LogP) is 2.63. The molecule has 25 heavy (non-hydrogen) atoms. The highest BCUT2D eigenvalue weighted by atomic mass is 16.2. The van der Waals surface area contributed by atoms with Crippen LogP contribution >= 0.6 is 0 Å². The molecule has 0 aliphatic heterocycles. The van der Waals surface area contributed by atoms with Crippen molar-refractivity contribution in [3.63, 3.8) is 0 Å². The van der Waals surface area contributed by atoms with E-state index in [9.17, 15) is 4.79 Å². The maximum atomic E-state index is 12.5. The lowest BCUT2D eigenvalue weighted by molar-refractivity contribution is 0.0936. The fourth-order valence-electron chi connectivity index (χ4n) is 2.74. The lowest BCUT2D eigenvalue weighted by Gasteiger charge is -2.14. The number of carbonyl (C=O) groups excluding carboxylic acids is 1. The Labute approximate surface area is 143 Å². The zero-order chi connectivity index (χ0) is 17.2. The van der Waals surface area contributed by atoms with Crippen molar-refractivity contribution in [2.45, 2.75) is 13.0 Å². The maximum absolute atomic E-state index is 12.5. The quantitative estimate of drug-likeness (QED) is 0.601. The van der Waals surface area contributed by atoms with Crippen molar-refractivity contribution in [3.05, 3.63) is 72.4 Å². The number of rotatable bonds is 4. The Morgan fingerprint density at radius 2 is 1.96 bits per heavy atom. The number of aromatic nitrogens is 5. The number of benzene rings is 2. The zero-order valence-corrected chi connectivity index (χ0v) is 13.5. The van der Waals surface area contributed by atoms with Gasteiger partial charge in [-0.1, -0.05) is 30.3 Å². The lowest BCUT2D eigenvalue weighted by Crippen LogP contribution is -2.27. The van der Waals surface area contributed by atoms with Gasteiger partial charge in [0.25, 0.3) is 5.91 Å². The predicted molar refractivity (Wildman–Crippen MR) is 93.3 cm³/mol. The number of amides is 1. The lowest BCUT2D eigenvalue weighted by atomic mass is 10.1. The summed E-state index contributed by atoms with van der Waals surface area (Å²) in [6.45, 7) is 1.94. The van der Waals surface area contributed by atoms with Crippen LogP contribution in [0.25, 0.3) is 16.6 Å². The summed E-state index contributed by atoms with van der Waals surface area (Å²) >= 11 is 0. The molecule has 4 rings (SSSR count). The molecule has 2 heterocycles. The van der Waals surface area contributed by atoms with E-state index in [-0.39, 0.29) is 11.9 Å². The Morgan fingerprint density at radius 1 is 1.16 bits per heavy atom. The van der Waals surface area contributed by atoms with Gasteiger partial charge in [-0.25, -0.2) is 9.67 Å². The molecular weight excluding hydrogens is 316 g/mol. The second kappa shape index (κ2) is 6.20. The molecule has 0 bridgehead atoms. The standard InChI is InChI=1S/C18H16N6O/c1-12(13-6-8-14(9-7-13)24-11-19-10-20-24)21-18(25)17-15-4-2-3-5-16(15)22-23-17/h2-12H,1H3,(H,21,25)(H,22,23). The van der Waals surface area contributed by atoms with E-state index in [0.29, 0.717) is 5.69 Å². The molecule has 0 aliphatic carbocycles. The Balaban J connectivity index is 1.51. The molecule has 1 unspecified atom stereocenters. The summed E-state index contributed by atoms with van der Waals surface area (Å²) in [5.74, 6) is -0.203. The van der Waals surface area contributed by atoms with E-state index in [4.69, 9.17) is 0 Å². The summed E-state index contributed by atoms with van der Waals surface area (Å²) in [5.41, 5.74) is 3.16. The minimum atomic E-state index is -0.203. The molecule has 0 aliphatic rings. The highest BCUT2D eigenvalue weighted by Crippen LogP contribution is 2.18. The SMILES string of the molecule is CC(NC(=O)c1n[nH]c2ccccc12)c1ccc(-n2cncn2)cc1. The molecule has 4 aromatic rings. The third kappa shape index (κ3) is 2.87.